The smallest absolute Gasteiger partial charge is 0.256 e. The molecule has 0 unspecified atom stereocenters. The Morgan fingerprint density at radius 3 is 2.27 bits per heavy atom. The van der Waals surface area contributed by atoms with Gasteiger partial charge in [-0.25, -0.2) is 0 Å². The van der Waals surface area contributed by atoms with Crippen LogP contribution in [0.3, 0.4) is 0 Å². The summed E-state index contributed by atoms with van der Waals surface area (Å²) in [6.07, 6.45) is 0. The Balaban J connectivity index is 2.32. The molecule has 0 aliphatic heterocycles. The van der Waals surface area contributed by atoms with Crippen molar-refractivity contribution in [1.29, 1.82) is 5.41 Å². The molecule has 2 aromatic rings. The van der Waals surface area contributed by atoms with Crippen molar-refractivity contribution in [1.82, 2.24) is 0 Å². The number of nitrogen functional groups attached to an aromatic ring is 3. The number of hydrogen-bond acceptors (Lipinski definition) is 5. The molecule has 0 aliphatic rings. The maximum Gasteiger partial charge on any atom is 0.256 e. The molecular weight excluding hydrogens is 278 g/mol. The third kappa shape index (κ3) is 3.01. The van der Waals surface area contributed by atoms with E-state index in [2.05, 4.69) is 5.32 Å². The molecule has 0 bridgehead atoms. The van der Waals surface area contributed by atoms with Gasteiger partial charge >= 0.3 is 0 Å². The van der Waals surface area contributed by atoms with Crippen LogP contribution in [0.2, 0.25) is 0 Å². The fraction of sp³-hybridized carbons (Fsp3) is 0.125. The Bertz CT molecular complexity index is 767. The number of nitrogens with two attached hydrogens (primary N) is 3. The summed E-state index contributed by atoms with van der Waals surface area (Å²) >= 11 is 0. The summed E-state index contributed by atoms with van der Waals surface area (Å²) in [5.41, 5.74) is 21.3. The van der Waals surface area contributed by atoms with E-state index < -0.39 is 0 Å². The van der Waals surface area contributed by atoms with E-state index in [-0.39, 0.29) is 5.91 Å². The van der Waals surface area contributed by atoms with Gasteiger partial charge in [0.05, 0.1) is 11.4 Å². The second-order valence-corrected chi connectivity index (χ2v) is 5.18. The highest BCUT2D eigenvalue weighted by molar-refractivity contribution is 6.08. The number of carbonyl (C=O) groups excluding carboxylic acids is 1. The predicted octanol–water partition coefficient (Wildman–Crippen LogP) is 2.38. The van der Waals surface area contributed by atoms with Crippen LogP contribution in [-0.2, 0) is 0 Å². The largest absolute Gasteiger partial charge is 0.398 e. The average molecular weight is 297 g/mol. The monoisotopic (exact) mass is 297 g/mol. The van der Waals surface area contributed by atoms with E-state index in [1.54, 1.807) is 44.2 Å². The number of nitrogens with one attached hydrogen (secondary N) is 2. The molecule has 0 atom stereocenters. The van der Waals surface area contributed by atoms with E-state index in [1.807, 2.05) is 0 Å². The molecule has 0 aromatic heterocycles. The number of rotatable bonds is 3. The van der Waals surface area contributed by atoms with E-state index in [9.17, 15) is 4.79 Å². The molecule has 0 fully saturated rings. The van der Waals surface area contributed by atoms with Crippen LogP contribution in [0.25, 0.3) is 0 Å². The Morgan fingerprint density at radius 1 is 1.00 bits per heavy atom. The van der Waals surface area contributed by atoms with Gasteiger partial charge in [0.25, 0.3) is 5.91 Å². The summed E-state index contributed by atoms with van der Waals surface area (Å²) in [6, 6.07) is 8.24. The fourth-order valence-electron chi connectivity index (χ4n) is 2.15. The summed E-state index contributed by atoms with van der Waals surface area (Å²) in [7, 11) is 0. The Morgan fingerprint density at radius 2 is 1.64 bits per heavy atom. The summed E-state index contributed by atoms with van der Waals surface area (Å²) < 4.78 is 0. The zero-order chi connectivity index (χ0) is 16.4. The molecule has 0 saturated carbocycles. The second kappa shape index (κ2) is 5.77. The van der Waals surface area contributed by atoms with Crippen molar-refractivity contribution in [3.8, 4) is 0 Å². The molecular formula is C16H19N5O. The predicted molar refractivity (Wildman–Crippen MR) is 91.3 cm³/mol. The number of benzene rings is 2. The topological polar surface area (TPSA) is 131 Å². The molecule has 0 spiro atoms. The van der Waals surface area contributed by atoms with Gasteiger partial charge in [-0.2, -0.15) is 0 Å². The van der Waals surface area contributed by atoms with E-state index in [4.69, 9.17) is 22.6 Å². The van der Waals surface area contributed by atoms with Gasteiger partial charge in [0.1, 0.15) is 0 Å². The van der Waals surface area contributed by atoms with E-state index in [0.717, 1.165) is 5.56 Å². The molecule has 6 heteroatoms. The number of carbonyl (C=O) groups is 1. The van der Waals surface area contributed by atoms with Crippen LogP contribution >= 0.6 is 0 Å². The summed E-state index contributed by atoms with van der Waals surface area (Å²) in [5, 5.41) is 10.5. The second-order valence-electron chi connectivity index (χ2n) is 5.18. The Labute approximate surface area is 128 Å². The van der Waals surface area contributed by atoms with Crippen molar-refractivity contribution >= 4 is 34.4 Å². The maximum absolute atomic E-state index is 12.4. The summed E-state index contributed by atoms with van der Waals surface area (Å²) in [4.78, 5) is 12.4. The van der Waals surface area contributed by atoms with Gasteiger partial charge in [-0.15, -0.1) is 0 Å². The van der Waals surface area contributed by atoms with Crippen LogP contribution < -0.4 is 22.5 Å². The van der Waals surface area contributed by atoms with E-state index in [0.29, 0.717) is 39.6 Å². The molecule has 114 valence electrons. The average Bonchev–Trinajstić information content (AvgIpc) is 2.44. The molecule has 22 heavy (non-hydrogen) atoms. The van der Waals surface area contributed by atoms with Crippen molar-refractivity contribution < 1.29 is 4.79 Å². The number of aryl methyl sites for hydroxylation is 1. The third-order valence-electron chi connectivity index (χ3n) is 3.39. The fourth-order valence-corrected chi connectivity index (χ4v) is 2.15. The van der Waals surface area contributed by atoms with Crippen LogP contribution in [0.1, 0.15) is 28.4 Å². The van der Waals surface area contributed by atoms with Gasteiger partial charge in [-0.3, -0.25) is 4.79 Å². The number of hydrogen-bond donors (Lipinski definition) is 5. The van der Waals surface area contributed by atoms with Crippen molar-refractivity contribution in [2.24, 2.45) is 0 Å². The quantitative estimate of drug-likeness (QED) is 0.439. The standard InChI is InChI=1S/C16H19N5O/c1-8-5-14(19)15(20)7-11(8)16(22)21-10-3-4-13(18)12(6-10)9(2)17/h3-7,17H,18-20H2,1-2H3,(H,21,22). The third-order valence-corrected chi connectivity index (χ3v) is 3.39. The lowest BCUT2D eigenvalue weighted by Gasteiger charge is -2.12. The zero-order valence-corrected chi connectivity index (χ0v) is 12.5. The first-order chi connectivity index (χ1) is 10.3. The molecule has 1 amide bonds. The Kier molecular flexibility index (Phi) is 4.03. The van der Waals surface area contributed by atoms with Gasteiger partial charge in [0.2, 0.25) is 0 Å². The first-order valence-electron chi connectivity index (χ1n) is 6.71. The van der Waals surface area contributed by atoms with Crippen molar-refractivity contribution in [2.45, 2.75) is 13.8 Å². The lowest BCUT2D eigenvalue weighted by atomic mass is 10.0. The summed E-state index contributed by atoms with van der Waals surface area (Å²) in [6.45, 7) is 3.43. The van der Waals surface area contributed by atoms with Crippen LogP contribution in [-0.4, -0.2) is 11.6 Å². The molecule has 6 nitrogen and oxygen atoms in total. The minimum absolute atomic E-state index is 0.289. The zero-order valence-electron chi connectivity index (χ0n) is 12.5. The molecule has 2 rings (SSSR count). The highest BCUT2D eigenvalue weighted by Crippen LogP contribution is 2.23. The van der Waals surface area contributed by atoms with Crippen LogP contribution in [0, 0.1) is 12.3 Å². The minimum atomic E-state index is -0.289. The first kappa shape index (κ1) is 15.4. The van der Waals surface area contributed by atoms with Gasteiger partial charge < -0.3 is 27.9 Å². The molecule has 8 N–H and O–H groups in total. The van der Waals surface area contributed by atoms with E-state index >= 15 is 0 Å². The lowest BCUT2D eigenvalue weighted by molar-refractivity contribution is 0.102. The molecule has 0 saturated heterocycles. The van der Waals surface area contributed by atoms with Gasteiger partial charge in [0, 0.05) is 28.2 Å². The van der Waals surface area contributed by atoms with Crippen molar-refractivity contribution in [2.75, 3.05) is 22.5 Å². The summed E-state index contributed by atoms with van der Waals surface area (Å²) in [5.74, 6) is -0.289. The highest BCUT2D eigenvalue weighted by atomic mass is 16.1. The molecule has 0 aliphatic carbocycles. The normalized spacial score (nSPS) is 10.3. The van der Waals surface area contributed by atoms with Gasteiger partial charge in [-0.05, 0) is 49.7 Å². The lowest BCUT2D eigenvalue weighted by Crippen LogP contribution is -2.15. The SMILES string of the molecule is CC(=N)c1cc(NC(=O)c2cc(N)c(N)cc2C)ccc1N. The van der Waals surface area contributed by atoms with Crippen molar-refractivity contribution in [3.05, 3.63) is 47.0 Å². The van der Waals surface area contributed by atoms with Gasteiger partial charge in [-0.1, -0.05) is 0 Å². The first-order valence-corrected chi connectivity index (χ1v) is 6.71. The van der Waals surface area contributed by atoms with Gasteiger partial charge in [0.15, 0.2) is 0 Å². The molecule has 0 heterocycles. The number of anilines is 4. The van der Waals surface area contributed by atoms with Crippen LogP contribution in [0.15, 0.2) is 30.3 Å². The molecule has 0 radical (unpaired) electrons. The Hall–Kier alpha value is -3.02. The van der Waals surface area contributed by atoms with Crippen molar-refractivity contribution in [3.63, 3.8) is 0 Å². The number of amides is 1. The van der Waals surface area contributed by atoms with E-state index in [1.165, 1.54) is 0 Å². The highest BCUT2D eigenvalue weighted by Gasteiger charge is 2.12. The van der Waals surface area contributed by atoms with Crippen LogP contribution in [0.5, 0.6) is 0 Å². The minimum Gasteiger partial charge on any atom is -0.398 e. The van der Waals surface area contributed by atoms with Crippen LogP contribution in [0.4, 0.5) is 22.7 Å². The molecule has 2 aromatic carbocycles. The maximum atomic E-state index is 12.4.